The van der Waals surface area contributed by atoms with E-state index in [0.717, 1.165) is 17.1 Å². The van der Waals surface area contributed by atoms with Crippen molar-refractivity contribution in [1.82, 2.24) is 10.3 Å². The smallest absolute Gasteiger partial charge is 0.0981 e. The van der Waals surface area contributed by atoms with Crippen LogP contribution in [0.4, 0.5) is 0 Å². The van der Waals surface area contributed by atoms with Crippen LogP contribution < -0.4 is 5.32 Å². The lowest BCUT2D eigenvalue weighted by Crippen LogP contribution is -2.35. The normalized spacial score (nSPS) is 14.2. The summed E-state index contributed by atoms with van der Waals surface area (Å²) < 4.78 is 5.97. The number of nitrogens with one attached hydrogen (secondary N) is 1. The number of aromatic nitrogens is 1. The van der Waals surface area contributed by atoms with Gasteiger partial charge in [-0.2, -0.15) is 0 Å². The summed E-state index contributed by atoms with van der Waals surface area (Å²) >= 11 is 1.70. The van der Waals surface area contributed by atoms with Gasteiger partial charge in [0.2, 0.25) is 0 Å². The molecule has 0 saturated heterocycles. The number of ether oxygens (including phenoxy) is 1. The maximum Gasteiger partial charge on any atom is 0.0981 e. The number of benzene rings is 1. The average molecular weight is 290 g/mol. The molecule has 4 heteroatoms. The first-order valence-corrected chi connectivity index (χ1v) is 7.87. The van der Waals surface area contributed by atoms with Crippen LogP contribution >= 0.6 is 11.3 Å². The molecule has 2 atom stereocenters. The number of hydrogen-bond acceptors (Lipinski definition) is 4. The van der Waals surface area contributed by atoms with Gasteiger partial charge in [-0.25, -0.2) is 4.98 Å². The lowest BCUT2D eigenvalue weighted by molar-refractivity contribution is 0.0350. The highest BCUT2D eigenvalue weighted by atomic mass is 32.1. The van der Waals surface area contributed by atoms with E-state index in [4.69, 9.17) is 4.74 Å². The standard InChI is InChI=1S/C16H22N2OS/c1-4-19-16(13-8-6-5-7-9-13)15(17-3)10-14-11-20-12(2)18-14/h5-9,11,15-17H,4,10H2,1-3H3. The fraction of sp³-hybridized carbons (Fsp3) is 0.438. The summed E-state index contributed by atoms with van der Waals surface area (Å²) in [6.45, 7) is 4.78. The fourth-order valence-electron chi connectivity index (χ4n) is 2.35. The van der Waals surface area contributed by atoms with E-state index < -0.39 is 0 Å². The van der Waals surface area contributed by atoms with Crippen molar-refractivity contribution in [2.24, 2.45) is 0 Å². The summed E-state index contributed by atoms with van der Waals surface area (Å²) in [5.41, 5.74) is 2.34. The summed E-state index contributed by atoms with van der Waals surface area (Å²) in [5, 5.41) is 6.63. The van der Waals surface area contributed by atoms with Gasteiger partial charge in [0.1, 0.15) is 0 Å². The van der Waals surface area contributed by atoms with Crippen molar-refractivity contribution in [3.63, 3.8) is 0 Å². The van der Waals surface area contributed by atoms with Crippen molar-refractivity contribution in [3.8, 4) is 0 Å². The molecule has 0 spiro atoms. The van der Waals surface area contributed by atoms with Crippen molar-refractivity contribution in [2.45, 2.75) is 32.4 Å². The molecule has 0 radical (unpaired) electrons. The fourth-order valence-corrected chi connectivity index (χ4v) is 2.98. The first-order chi connectivity index (χ1) is 9.74. The minimum Gasteiger partial charge on any atom is -0.372 e. The Morgan fingerprint density at radius 3 is 2.60 bits per heavy atom. The second-order valence-corrected chi connectivity index (χ2v) is 5.81. The zero-order valence-electron chi connectivity index (χ0n) is 12.3. The number of hydrogen-bond donors (Lipinski definition) is 1. The van der Waals surface area contributed by atoms with E-state index in [1.54, 1.807) is 11.3 Å². The maximum absolute atomic E-state index is 5.97. The molecule has 20 heavy (non-hydrogen) atoms. The number of thiazole rings is 1. The Labute approximate surface area is 125 Å². The minimum absolute atomic E-state index is 0.0493. The molecule has 1 aromatic carbocycles. The molecule has 0 fully saturated rings. The zero-order valence-corrected chi connectivity index (χ0v) is 13.1. The maximum atomic E-state index is 5.97. The van der Waals surface area contributed by atoms with Gasteiger partial charge in [0, 0.05) is 24.4 Å². The lowest BCUT2D eigenvalue weighted by Gasteiger charge is -2.26. The summed E-state index contributed by atoms with van der Waals surface area (Å²) in [6, 6.07) is 10.6. The Hall–Kier alpha value is -1.23. The minimum atomic E-state index is 0.0493. The number of rotatable bonds is 7. The van der Waals surface area contributed by atoms with Crippen molar-refractivity contribution >= 4 is 11.3 Å². The van der Waals surface area contributed by atoms with Crippen LogP contribution in [0, 0.1) is 6.92 Å². The predicted molar refractivity (Wildman–Crippen MR) is 84.2 cm³/mol. The highest BCUT2D eigenvalue weighted by Gasteiger charge is 2.23. The molecule has 2 unspecified atom stereocenters. The quantitative estimate of drug-likeness (QED) is 0.849. The Morgan fingerprint density at radius 1 is 1.30 bits per heavy atom. The van der Waals surface area contributed by atoms with Gasteiger partial charge < -0.3 is 10.1 Å². The molecule has 0 saturated carbocycles. The molecule has 2 rings (SSSR count). The summed E-state index contributed by atoms with van der Waals surface area (Å²) in [4.78, 5) is 4.56. The highest BCUT2D eigenvalue weighted by molar-refractivity contribution is 7.09. The second-order valence-electron chi connectivity index (χ2n) is 4.74. The van der Waals surface area contributed by atoms with Crippen LogP contribution in [0.25, 0.3) is 0 Å². The summed E-state index contributed by atoms with van der Waals surface area (Å²) in [7, 11) is 1.98. The largest absolute Gasteiger partial charge is 0.372 e. The lowest BCUT2D eigenvalue weighted by atomic mass is 9.98. The molecule has 3 nitrogen and oxygen atoms in total. The Kier molecular flexibility index (Phi) is 5.71. The van der Waals surface area contributed by atoms with Crippen LogP contribution in [0.15, 0.2) is 35.7 Å². The van der Waals surface area contributed by atoms with Gasteiger partial charge in [-0.05, 0) is 26.5 Å². The van der Waals surface area contributed by atoms with E-state index >= 15 is 0 Å². The third-order valence-electron chi connectivity index (χ3n) is 3.31. The van der Waals surface area contributed by atoms with Gasteiger partial charge in [-0.3, -0.25) is 0 Å². The molecule has 108 valence electrons. The van der Waals surface area contributed by atoms with E-state index in [2.05, 4.69) is 39.9 Å². The van der Waals surface area contributed by atoms with Crippen LogP contribution in [-0.4, -0.2) is 24.7 Å². The third kappa shape index (κ3) is 3.88. The van der Waals surface area contributed by atoms with Gasteiger partial charge in [0.15, 0.2) is 0 Å². The Balaban J connectivity index is 2.17. The second kappa shape index (κ2) is 7.53. The summed E-state index contributed by atoms with van der Waals surface area (Å²) in [6.07, 6.45) is 0.925. The van der Waals surface area contributed by atoms with Crippen molar-refractivity contribution < 1.29 is 4.74 Å². The third-order valence-corrected chi connectivity index (χ3v) is 4.13. The van der Waals surface area contributed by atoms with Crippen LogP contribution in [-0.2, 0) is 11.2 Å². The van der Waals surface area contributed by atoms with Gasteiger partial charge >= 0.3 is 0 Å². The Bertz CT molecular complexity index is 512. The molecule has 1 N–H and O–H groups in total. The monoisotopic (exact) mass is 290 g/mol. The van der Waals surface area contributed by atoms with Crippen molar-refractivity contribution in [3.05, 3.63) is 52.0 Å². The van der Waals surface area contributed by atoms with Gasteiger partial charge in [0.25, 0.3) is 0 Å². The topological polar surface area (TPSA) is 34.1 Å². The van der Waals surface area contributed by atoms with Crippen molar-refractivity contribution in [1.29, 1.82) is 0 Å². The van der Waals surface area contributed by atoms with Crippen LogP contribution in [0.1, 0.15) is 29.3 Å². The molecule has 1 heterocycles. The number of aryl methyl sites for hydroxylation is 1. The SMILES string of the molecule is CCOC(c1ccccc1)C(Cc1csc(C)n1)NC. The Morgan fingerprint density at radius 2 is 2.05 bits per heavy atom. The molecular formula is C16H22N2OS. The van der Waals surface area contributed by atoms with Crippen LogP contribution in [0.3, 0.4) is 0 Å². The highest BCUT2D eigenvalue weighted by Crippen LogP contribution is 2.24. The summed E-state index contributed by atoms with van der Waals surface area (Å²) in [5.74, 6) is 0. The van der Waals surface area contributed by atoms with Crippen LogP contribution in [0.2, 0.25) is 0 Å². The average Bonchev–Trinajstić information content (AvgIpc) is 2.89. The molecule has 0 aliphatic heterocycles. The zero-order chi connectivity index (χ0) is 14.4. The first kappa shape index (κ1) is 15.2. The van der Waals surface area contributed by atoms with Gasteiger partial charge in [-0.15, -0.1) is 11.3 Å². The molecule has 0 amide bonds. The molecular weight excluding hydrogens is 268 g/mol. The first-order valence-electron chi connectivity index (χ1n) is 6.99. The van der Waals surface area contributed by atoms with E-state index in [1.165, 1.54) is 5.56 Å². The molecule has 0 aliphatic rings. The predicted octanol–water partition coefficient (Wildman–Crippen LogP) is 3.36. The van der Waals surface area contributed by atoms with Crippen molar-refractivity contribution in [2.75, 3.05) is 13.7 Å². The van der Waals surface area contributed by atoms with Gasteiger partial charge in [0.05, 0.1) is 16.8 Å². The molecule has 0 aliphatic carbocycles. The van der Waals surface area contributed by atoms with E-state index in [1.807, 2.05) is 27.0 Å². The van der Waals surface area contributed by atoms with Crippen LogP contribution in [0.5, 0.6) is 0 Å². The van der Waals surface area contributed by atoms with Gasteiger partial charge in [-0.1, -0.05) is 30.3 Å². The molecule has 2 aromatic rings. The number of nitrogens with zero attached hydrogens (tertiary/aromatic N) is 1. The van der Waals surface area contributed by atoms with E-state index in [9.17, 15) is 0 Å². The molecule has 0 bridgehead atoms. The van der Waals surface area contributed by atoms with E-state index in [-0.39, 0.29) is 12.1 Å². The number of likely N-dealkylation sites (N-methyl/N-ethyl adjacent to an activating group) is 1. The van der Waals surface area contributed by atoms with E-state index in [0.29, 0.717) is 6.61 Å². The molecule has 1 aromatic heterocycles.